The lowest BCUT2D eigenvalue weighted by Gasteiger charge is -2.19. The van der Waals surface area contributed by atoms with Crippen molar-refractivity contribution in [2.45, 2.75) is 233 Å². The van der Waals surface area contributed by atoms with Crippen LogP contribution in [0.15, 0.2) is 0 Å². The predicted octanol–water partition coefficient (Wildman–Crippen LogP) is 7.97. The Morgan fingerprint density at radius 1 is 0.282 bits per heavy atom. The van der Waals surface area contributed by atoms with Gasteiger partial charge < -0.3 is 63.0 Å². The average Bonchev–Trinajstić information content (AvgIpc) is 4.22. The van der Waals surface area contributed by atoms with Crippen LogP contribution in [-0.2, 0) is 0 Å². The molecule has 5 unspecified atom stereocenters. The Labute approximate surface area is 486 Å². The van der Waals surface area contributed by atoms with Crippen LogP contribution in [0.25, 0.3) is 0 Å². The molecule has 10 aliphatic rings. The summed E-state index contributed by atoms with van der Waals surface area (Å²) < 4.78 is 0. The summed E-state index contributed by atoms with van der Waals surface area (Å²) in [6.07, 6.45) is 36.4. The molecule has 0 radical (unpaired) electrons. The molecule has 10 fully saturated rings. The predicted molar refractivity (Wildman–Crippen MR) is 344 cm³/mol. The highest BCUT2D eigenvalue weighted by Crippen LogP contribution is 2.12. The molecule has 0 bridgehead atoms. The number of hydrogen-bond donors (Lipinski definition) is 11. The summed E-state index contributed by atoms with van der Waals surface area (Å²) in [7, 11) is 8.64. The van der Waals surface area contributed by atoms with Crippen LogP contribution < -0.4 is 58.6 Å². The fraction of sp³-hybridized carbons (Fsp3) is 1.00. The summed E-state index contributed by atoms with van der Waals surface area (Å²) in [5.41, 5.74) is 3.28. The molecule has 0 spiro atoms. The standard InChI is InChI=1S/4C7H15N.4C6H14N2.C6H13N.C5H12N2/c1-7-3-2-5-8-6-4-7;1-7-4-2-3-5-8-6-7;1-8-6-4-2-3-5-7-8;1-7-5-3-2-4-6-8-7;1-8-5-2-3-7-4-6-8;1-8-5-3-2-4-7-6-8;1-8-6-4-2-3-5-7-8;1-6-7-4-2-3-5-8-6;1-6-4-2-3-5-7-6;1-5-2-3-6-4-7-5/h2*7-8H,2-6H2,1H3;2-7H2,1H3;7-8H,2-6H2,1H3;3*7H,2-6H2,1H3;6-8H,2-5H2,1H3;6-7H,2-5H2,1H3;5-7H,2-4H2,1H3. The zero-order chi connectivity index (χ0) is 56.8. The Bertz CT molecular complexity index is 884. The van der Waals surface area contributed by atoms with Crippen LogP contribution >= 0.6 is 0 Å². The fourth-order valence-corrected chi connectivity index (χ4v) is 10.5. The maximum absolute atomic E-state index is 3.44. The lowest BCUT2D eigenvalue weighted by molar-refractivity contribution is 0.253. The van der Waals surface area contributed by atoms with E-state index in [0.717, 1.165) is 56.4 Å². The third-order valence-corrected chi connectivity index (χ3v) is 16.3. The third-order valence-electron chi connectivity index (χ3n) is 16.3. The van der Waals surface area contributed by atoms with Gasteiger partial charge in [-0.2, -0.15) is 0 Å². The second-order valence-electron chi connectivity index (χ2n) is 25.0. The van der Waals surface area contributed by atoms with Gasteiger partial charge in [-0.05, 0) is 281 Å². The van der Waals surface area contributed by atoms with Crippen LogP contribution in [-0.4, -0.2) is 210 Å². The first-order valence-electron chi connectivity index (χ1n) is 33.6. The van der Waals surface area contributed by atoms with E-state index in [0.29, 0.717) is 6.17 Å². The molecule has 0 saturated carbocycles. The van der Waals surface area contributed by atoms with E-state index in [1.807, 2.05) is 0 Å². The Balaban J connectivity index is 0.000000433. The minimum absolute atomic E-state index is 0.525. The number of hydrogen-bond acceptors (Lipinski definition) is 15. The van der Waals surface area contributed by atoms with Gasteiger partial charge in [0.05, 0.1) is 6.17 Å². The normalized spacial score (nSPS) is 28.6. The number of hydrazine groups is 1. The smallest absolute Gasteiger partial charge is 0.0542 e. The van der Waals surface area contributed by atoms with E-state index < -0.39 is 0 Å². The molecule has 11 N–H and O–H groups in total. The van der Waals surface area contributed by atoms with Gasteiger partial charge in [0.15, 0.2) is 0 Å². The van der Waals surface area contributed by atoms with Crippen molar-refractivity contribution in [3.05, 3.63) is 0 Å². The second-order valence-corrected chi connectivity index (χ2v) is 25.0. The van der Waals surface area contributed by atoms with Crippen molar-refractivity contribution >= 4 is 0 Å². The molecular formula is C63H141N15. The number of likely N-dealkylation sites (N-methyl/N-ethyl adjacent to an activating group) is 1. The van der Waals surface area contributed by atoms with Gasteiger partial charge in [-0.1, -0.05) is 58.8 Å². The molecule has 0 aliphatic carbocycles. The third kappa shape index (κ3) is 54.6. The quantitative estimate of drug-likeness (QED) is 0.114. The molecule has 10 rings (SSSR count). The first-order chi connectivity index (χ1) is 37.9. The Kier molecular flexibility index (Phi) is 55.0. The highest BCUT2D eigenvalue weighted by molar-refractivity contribution is 4.69. The molecule has 15 nitrogen and oxygen atoms in total. The first kappa shape index (κ1) is 75.4. The van der Waals surface area contributed by atoms with Crippen molar-refractivity contribution in [1.82, 2.24) is 78.3 Å². The van der Waals surface area contributed by atoms with Crippen LogP contribution in [0.5, 0.6) is 0 Å². The van der Waals surface area contributed by atoms with Crippen LogP contribution in [0.3, 0.4) is 0 Å². The first-order valence-corrected chi connectivity index (χ1v) is 33.6. The van der Waals surface area contributed by atoms with E-state index in [4.69, 9.17) is 0 Å². The maximum atomic E-state index is 3.44. The van der Waals surface area contributed by atoms with E-state index >= 15 is 0 Å². The van der Waals surface area contributed by atoms with Crippen LogP contribution in [0.2, 0.25) is 0 Å². The highest BCUT2D eigenvalue weighted by Gasteiger charge is 2.09. The van der Waals surface area contributed by atoms with E-state index in [1.54, 1.807) is 0 Å². The summed E-state index contributed by atoms with van der Waals surface area (Å²) in [6, 6.07) is 2.28. The summed E-state index contributed by atoms with van der Waals surface area (Å²) in [5, 5.41) is 35.6. The Morgan fingerprint density at radius 3 is 1.42 bits per heavy atom. The Hall–Kier alpha value is -0.600. The molecule has 10 aliphatic heterocycles. The summed E-state index contributed by atoms with van der Waals surface area (Å²) in [6.45, 7) is 38.8. The molecule has 468 valence electrons. The zero-order valence-corrected chi connectivity index (χ0v) is 54.0. The fourth-order valence-electron chi connectivity index (χ4n) is 10.5. The van der Waals surface area contributed by atoms with Crippen LogP contribution in [0, 0.1) is 11.8 Å². The van der Waals surface area contributed by atoms with Gasteiger partial charge in [0.2, 0.25) is 0 Å². The monoisotopic (exact) mass is 1110 g/mol. The molecule has 0 aromatic rings. The summed E-state index contributed by atoms with van der Waals surface area (Å²) in [4.78, 5) is 7.10. The topological polar surface area (TPSA) is 145 Å². The lowest BCUT2D eigenvalue weighted by Crippen LogP contribution is -2.43. The average molecular weight is 1110 g/mol. The van der Waals surface area contributed by atoms with E-state index in [9.17, 15) is 0 Å². The molecule has 0 amide bonds. The van der Waals surface area contributed by atoms with Gasteiger partial charge in [0.1, 0.15) is 0 Å². The lowest BCUT2D eigenvalue weighted by atomic mass is 10.0. The van der Waals surface area contributed by atoms with Crippen molar-refractivity contribution < 1.29 is 0 Å². The highest BCUT2D eigenvalue weighted by atomic mass is 15.5. The van der Waals surface area contributed by atoms with Crippen molar-refractivity contribution in [1.29, 1.82) is 0 Å². The Morgan fingerprint density at radius 2 is 0.744 bits per heavy atom. The second kappa shape index (κ2) is 56.9. The SMILES string of the molecule is CC1CCCCCN1.CC1CCCCN1.CC1CCCCNC1.CC1CCCNCC1.CC1CCNCN1.CC1NCCCCN1.CN1CCCCCC1.CN1CCCCCN1.CN1CCCCNC1.CN1CCCNCC1. The van der Waals surface area contributed by atoms with Gasteiger partial charge in [0.25, 0.3) is 0 Å². The van der Waals surface area contributed by atoms with Gasteiger partial charge in [-0.3, -0.25) is 10.3 Å². The van der Waals surface area contributed by atoms with E-state index in [-0.39, 0.29) is 0 Å². The van der Waals surface area contributed by atoms with Crippen molar-refractivity contribution in [3.8, 4) is 0 Å². The minimum Gasteiger partial charge on any atom is -0.317 e. The number of nitrogens with zero attached hydrogens (tertiary/aromatic N) is 4. The van der Waals surface area contributed by atoms with Crippen molar-refractivity contribution in [3.63, 3.8) is 0 Å². The van der Waals surface area contributed by atoms with Crippen molar-refractivity contribution in [2.24, 2.45) is 11.8 Å². The van der Waals surface area contributed by atoms with Crippen LogP contribution in [0.4, 0.5) is 0 Å². The van der Waals surface area contributed by atoms with Crippen LogP contribution in [0.1, 0.15) is 208 Å². The molecule has 78 heavy (non-hydrogen) atoms. The van der Waals surface area contributed by atoms with Gasteiger partial charge in [-0.15, -0.1) is 0 Å². The number of rotatable bonds is 0. The van der Waals surface area contributed by atoms with E-state index in [1.165, 1.54) is 278 Å². The number of nitrogens with one attached hydrogen (secondary N) is 11. The van der Waals surface area contributed by atoms with Gasteiger partial charge in [-0.25, -0.2) is 5.01 Å². The molecular weight excluding hydrogens is 967 g/mol. The minimum atomic E-state index is 0.525. The molecule has 10 heterocycles. The number of likely N-dealkylation sites (tertiary alicyclic amines) is 1. The molecule has 0 aromatic heterocycles. The molecule has 15 heteroatoms. The number of piperidine rings is 1. The largest absolute Gasteiger partial charge is 0.317 e. The van der Waals surface area contributed by atoms with Gasteiger partial charge >= 0.3 is 0 Å². The van der Waals surface area contributed by atoms with Crippen molar-refractivity contribution in [2.75, 3.05) is 166 Å². The summed E-state index contributed by atoms with van der Waals surface area (Å²) in [5.74, 6) is 1.88. The van der Waals surface area contributed by atoms with Gasteiger partial charge in [0, 0.05) is 64.7 Å². The zero-order valence-electron chi connectivity index (χ0n) is 54.0. The van der Waals surface area contributed by atoms with E-state index in [2.05, 4.69) is 148 Å². The molecule has 5 atom stereocenters. The summed E-state index contributed by atoms with van der Waals surface area (Å²) >= 11 is 0. The maximum Gasteiger partial charge on any atom is 0.0542 e. The molecule has 0 aromatic carbocycles. The molecule has 10 saturated heterocycles.